The summed E-state index contributed by atoms with van der Waals surface area (Å²) in [5.74, 6) is 0.814. The Kier molecular flexibility index (Phi) is 25.0. The lowest BCUT2D eigenvalue weighted by Crippen LogP contribution is -2.23. The standard InChI is InChI=1S/C22H34O4S.C21H32O4S/c1-22(2,3)26-21(24)18-13-15-19(16-14-18)27-17-11-9-7-5-6-8-10-12-20(23)25-4;1-21(2,3)25-20(24)17-12-14-18(15-13-17)26-16-10-8-6-4-5-7-9-11-19(22)23/h13-16H,5-12,17H2,1-4H3;12-15H,4-11,16H2,1-3H3,(H,22,23). The predicted molar refractivity (Wildman–Crippen MR) is 218 cm³/mol. The number of methoxy groups -OCH3 is 1. The number of carbonyl (C=O) groups is 4. The number of unbranched alkanes of at least 4 members (excludes halogenated alkanes) is 12. The van der Waals surface area contributed by atoms with E-state index >= 15 is 0 Å². The van der Waals surface area contributed by atoms with Gasteiger partial charge in [-0.3, -0.25) is 9.59 Å². The Morgan fingerprint density at radius 1 is 0.509 bits per heavy atom. The van der Waals surface area contributed by atoms with Crippen molar-refractivity contribution >= 4 is 47.4 Å². The third-order valence-electron chi connectivity index (χ3n) is 7.80. The minimum atomic E-state index is -0.693. The molecule has 0 saturated heterocycles. The number of carboxylic acids is 1. The summed E-state index contributed by atoms with van der Waals surface area (Å²) in [6.45, 7) is 11.2. The Bertz CT molecular complexity index is 1310. The fraction of sp³-hybridized carbons (Fsp3) is 0.628. The van der Waals surface area contributed by atoms with E-state index in [1.54, 1.807) is 0 Å². The smallest absolute Gasteiger partial charge is 0.338 e. The minimum absolute atomic E-state index is 0.105. The highest BCUT2D eigenvalue weighted by Gasteiger charge is 2.18. The van der Waals surface area contributed by atoms with E-state index < -0.39 is 17.2 Å². The van der Waals surface area contributed by atoms with Gasteiger partial charge in [0.2, 0.25) is 0 Å². The predicted octanol–water partition coefficient (Wildman–Crippen LogP) is 12.0. The van der Waals surface area contributed by atoms with Crippen molar-refractivity contribution in [3.8, 4) is 0 Å². The van der Waals surface area contributed by atoms with Crippen molar-refractivity contribution in [2.45, 2.75) is 165 Å². The van der Waals surface area contributed by atoms with E-state index in [2.05, 4.69) is 4.74 Å². The zero-order chi connectivity index (χ0) is 39.5. The van der Waals surface area contributed by atoms with E-state index in [9.17, 15) is 19.2 Å². The fourth-order valence-corrected chi connectivity index (χ4v) is 6.87. The average molecular weight is 775 g/mol. The molecule has 0 amide bonds. The van der Waals surface area contributed by atoms with Gasteiger partial charge < -0.3 is 19.3 Å². The van der Waals surface area contributed by atoms with E-state index in [0.29, 0.717) is 24.0 Å². The molecule has 0 heterocycles. The maximum absolute atomic E-state index is 12.0. The molecule has 0 fully saturated rings. The molecule has 2 rings (SSSR count). The molecule has 0 saturated carbocycles. The van der Waals surface area contributed by atoms with E-state index in [1.807, 2.05) is 114 Å². The molecule has 0 atom stereocenters. The third-order valence-corrected chi connectivity index (χ3v) is 10.00. The topological polar surface area (TPSA) is 116 Å². The van der Waals surface area contributed by atoms with E-state index in [4.69, 9.17) is 14.6 Å². The molecule has 0 aliphatic carbocycles. The molecule has 2 aromatic rings. The number of thioether (sulfide) groups is 2. The van der Waals surface area contributed by atoms with Crippen LogP contribution in [0.2, 0.25) is 0 Å². The van der Waals surface area contributed by atoms with Gasteiger partial charge in [0, 0.05) is 22.6 Å². The molecular weight excluding hydrogens is 709 g/mol. The number of carboxylic acid groups (broad SMARTS) is 1. The highest BCUT2D eigenvalue weighted by Crippen LogP contribution is 2.23. The minimum Gasteiger partial charge on any atom is -0.481 e. The third kappa shape index (κ3) is 27.3. The van der Waals surface area contributed by atoms with Crippen LogP contribution >= 0.6 is 23.5 Å². The van der Waals surface area contributed by atoms with Gasteiger partial charge in [-0.1, -0.05) is 64.2 Å². The molecule has 0 aliphatic rings. The van der Waals surface area contributed by atoms with Gasteiger partial charge in [-0.15, -0.1) is 23.5 Å². The number of esters is 3. The summed E-state index contributed by atoms with van der Waals surface area (Å²) in [5, 5.41) is 8.57. The summed E-state index contributed by atoms with van der Waals surface area (Å²) in [6, 6.07) is 15.3. The molecular formula is C43H66O8S2. The van der Waals surface area contributed by atoms with E-state index in [-0.39, 0.29) is 17.9 Å². The lowest BCUT2D eigenvalue weighted by atomic mass is 10.1. The highest BCUT2D eigenvalue weighted by molar-refractivity contribution is 7.99. The number of aliphatic carboxylic acids is 1. The summed E-state index contributed by atoms with van der Waals surface area (Å²) in [6.07, 6.45) is 16.7. The average Bonchev–Trinajstić information content (AvgIpc) is 3.09. The van der Waals surface area contributed by atoms with Crippen LogP contribution in [0, 0.1) is 0 Å². The second-order valence-electron chi connectivity index (χ2n) is 15.2. The van der Waals surface area contributed by atoms with Gasteiger partial charge >= 0.3 is 23.9 Å². The largest absolute Gasteiger partial charge is 0.481 e. The maximum Gasteiger partial charge on any atom is 0.338 e. The molecule has 1 N–H and O–H groups in total. The zero-order valence-corrected chi connectivity index (χ0v) is 35.1. The molecule has 0 unspecified atom stereocenters. The SMILES string of the molecule is CC(C)(C)OC(=O)c1ccc(SCCCCCCCCCC(=O)O)cc1.COC(=O)CCCCCCCCCSc1ccc(C(=O)OC(C)(C)C)cc1. The molecule has 53 heavy (non-hydrogen) atoms. The van der Waals surface area contributed by atoms with Crippen molar-refractivity contribution in [2.24, 2.45) is 0 Å². The Hall–Kier alpha value is -2.98. The first-order valence-corrected chi connectivity index (χ1v) is 21.3. The van der Waals surface area contributed by atoms with Crippen LogP contribution in [0.25, 0.3) is 0 Å². The normalized spacial score (nSPS) is 11.3. The number of hydrogen-bond acceptors (Lipinski definition) is 9. The summed E-state index contributed by atoms with van der Waals surface area (Å²) in [4.78, 5) is 47.7. The highest BCUT2D eigenvalue weighted by atomic mass is 32.2. The summed E-state index contributed by atoms with van der Waals surface area (Å²) in [5.41, 5.74) is 0.251. The van der Waals surface area contributed by atoms with Gasteiger partial charge in [0.05, 0.1) is 18.2 Å². The molecule has 2 aromatic carbocycles. The van der Waals surface area contributed by atoms with Crippen molar-refractivity contribution in [3.63, 3.8) is 0 Å². The van der Waals surface area contributed by atoms with Gasteiger partial charge in [-0.25, -0.2) is 9.59 Å². The molecule has 0 spiro atoms. The Morgan fingerprint density at radius 3 is 1.15 bits per heavy atom. The molecule has 0 bridgehead atoms. The summed E-state index contributed by atoms with van der Waals surface area (Å²) >= 11 is 3.64. The number of hydrogen-bond donors (Lipinski definition) is 1. The maximum atomic E-state index is 12.0. The van der Waals surface area contributed by atoms with E-state index in [1.165, 1.54) is 74.7 Å². The number of carbonyl (C=O) groups excluding carboxylic acids is 3. The zero-order valence-electron chi connectivity index (χ0n) is 33.5. The van der Waals surface area contributed by atoms with Crippen LogP contribution < -0.4 is 0 Å². The van der Waals surface area contributed by atoms with Crippen LogP contribution in [0.1, 0.15) is 165 Å². The van der Waals surface area contributed by atoms with Gasteiger partial charge in [0.25, 0.3) is 0 Å². The van der Waals surface area contributed by atoms with Gasteiger partial charge in [-0.05, 0) is 127 Å². The fourth-order valence-electron chi connectivity index (χ4n) is 5.05. The Morgan fingerprint density at radius 2 is 0.830 bits per heavy atom. The Balaban J connectivity index is 0.000000530. The summed E-state index contributed by atoms with van der Waals surface area (Å²) < 4.78 is 15.4. The van der Waals surface area contributed by atoms with E-state index in [0.717, 1.165) is 43.6 Å². The van der Waals surface area contributed by atoms with Gasteiger partial charge in [-0.2, -0.15) is 0 Å². The van der Waals surface area contributed by atoms with Crippen LogP contribution in [-0.4, -0.2) is 58.8 Å². The van der Waals surface area contributed by atoms with Crippen molar-refractivity contribution in [1.82, 2.24) is 0 Å². The number of rotatable bonds is 24. The number of benzene rings is 2. The molecule has 10 heteroatoms. The second-order valence-corrected chi connectivity index (χ2v) is 17.5. The lowest BCUT2D eigenvalue weighted by molar-refractivity contribution is -0.141. The van der Waals surface area contributed by atoms with Crippen LogP contribution in [0.4, 0.5) is 0 Å². The van der Waals surface area contributed by atoms with Crippen LogP contribution in [-0.2, 0) is 23.8 Å². The first-order chi connectivity index (χ1) is 25.1. The van der Waals surface area contributed by atoms with Crippen molar-refractivity contribution in [3.05, 3.63) is 59.7 Å². The summed E-state index contributed by atoms with van der Waals surface area (Å²) in [7, 11) is 1.44. The molecule has 8 nitrogen and oxygen atoms in total. The lowest BCUT2D eigenvalue weighted by Gasteiger charge is -2.19. The molecule has 0 aliphatic heterocycles. The Labute approximate surface area is 328 Å². The first-order valence-electron chi connectivity index (χ1n) is 19.3. The van der Waals surface area contributed by atoms with Gasteiger partial charge in [0.15, 0.2) is 0 Å². The second kappa shape index (κ2) is 27.6. The van der Waals surface area contributed by atoms with Crippen molar-refractivity contribution < 1.29 is 38.5 Å². The molecule has 0 radical (unpaired) electrons. The van der Waals surface area contributed by atoms with Gasteiger partial charge in [0.1, 0.15) is 11.2 Å². The van der Waals surface area contributed by atoms with Crippen LogP contribution in [0.5, 0.6) is 0 Å². The molecule has 298 valence electrons. The molecule has 0 aromatic heterocycles. The first kappa shape index (κ1) is 48.0. The van der Waals surface area contributed by atoms with Crippen molar-refractivity contribution in [1.29, 1.82) is 0 Å². The van der Waals surface area contributed by atoms with Crippen LogP contribution in [0.15, 0.2) is 58.3 Å². The van der Waals surface area contributed by atoms with Crippen molar-refractivity contribution in [2.75, 3.05) is 18.6 Å². The van der Waals surface area contributed by atoms with Crippen LogP contribution in [0.3, 0.4) is 0 Å². The quantitative estimate of drug-likeness (QED) is 0.0478. The monoisotopic (exact) mass is 774 g/mol. The number of ether oxygens (including phenoxy) is 3.